The van der Waals surface area contributed by atoms with Crippen LogP contribution >= 0.6 is 11.3 Å². The molecule has 0 unspecified atom stereocenters. The van der Waals surface area contributed by atoms with Crippen LogP contribution in [-0.2, 0) is 4.79 Å². The topological polar surface area (TPSA) is 62.7 Å². The van der Waals surface area contributed by atoms with Crippen LogP contribution in [0.25, 0.3) is 0 Å². The third-order valence-electron chi connectivity index (χ3n) is 4.11. The normalized spacial score (nSPS) is 15.0. The van der Waals surface area contributed by atoms with E-state index in [1.54, 1.807) is 22.3 Å². The highest BCUT2D eigenvalue weighted by molar-refractivity contribution is 7.09. The Morgan fingerprint density at radius 1 is 1.32 bits per heavy atom. The van der Waals surface area contributed by atoms with Crippen molar-refractivity contribution < 1.29 is 14.3 Å². The van der Waals surface area contributed by atoms with Gasteiger partial charge in [0.15, 0.2) is 0 Å². The maximum absolute atomic E-state index is 12.6. The maximum atomic E-state index is 12.6. The highest BCUT2D eigenvalue weighted by Crippen LogP contribution is 2.24. The van der Waals surface area contributed by atoms with Crippen LogP contribution in [0.3, 0.4) is 0 Å². The van der Waals surface area contributed by atoms with Crippen LogP contribution in [-0.4, -0.2) is 48.4 Å². The number of anilines is 1. The first-order chi connectivity index (χ1) is 12.0. The number of ether oxygens (including phenoxy) is 1. The minimum Gasteiger partial charge on any atom is -0.497 e. The summed E-state index contributed by atoms with van der Waals surface area (Å²) in [5.41, 5.74) is 1.21. The molecule has 0 spiro atoms. The van der Waals surface area contributed by atoms with E-state index in [9.17, 15) is 9.59 Å². The van der Waals surface area contributed by atoms with E-state index in [0.717, 1.165) is 10.7 Å². The van der Waals surface area contributed by atoms with Gasteiger partial charge in [-0.1, -0.05) is 19.9 Å². The fraction of sp³-hybridized carbons (Fsp3) is 0.389. The average Bonchev–Trinajstić information content (AvgIpc) is 3.11. The van der Waals surface area contributed by atoms with Crippen molar-refractivity contribution in [3.8, 4) is 5.75 Å². The highest BCUT2D eigenvalue weighted by Gasteiger charge is 2.29. The van der Waals surface area contributed by atoms with E-state index >= 15 is 0 Å². The van der Waals surface area contributed by atoms with Gasteiger partial charge in [-0.05, 0) is 12.1 Å². The molecule has 132 valence electrons. The molecule has 2 amide bonds. The highest BCUT2D eigenvalue weighted by atomic mass is 32.1. The maximum Gasteiger partial charge on any atom is 0.273 e. The summed E-state index contributed by atoms with van der Waals surface area (Å²) in [6.45, 7) is 5.09. The number of methoxy groups -OCH3 is 1. The van der Waals surface area contributed by atoms with Crippen molar-refractivity contribution in [3.05, 3.63) is 40.3 Å². The molecule has 3 rings (SSSR count). The first-order valence-corrected chi connectivity index (χ1v) is 9.06. The molecule has 1 aromatic heterocycles. The van der Waals surface area contributed by atoms with Gasteiger partial charge in [0.25, 0.3) is 5.91 Å². The van der Waals surface area contributed by atoms with Crippen molar-refractivity contribution in [2.24, 2.45) is 0 Å². The number of benzene rings is 1. The number of carbonyl (C=O) groups is 2. The van der Waals surface area contributed by atoms with Crippen LogP contribution in [0.5, 0.6) is 5.75 Å². The van der Waals surface area contributed by atoms with Gasteiger partial charge in [-0.3, -0.25) is 9.59 Å². The van der Waals surface area contributed by atoms with Crippen LogP contribution in [0.15, 0.2) is 29.6 Å². The fourth-order valence-electron chi connectivity index (χ4n) is 2.71. The predicted molar refractivity (Wildman–Crippen MR) is 97.5 cm³/mol. The summed E-state index contributed by atoms with van der Waals surface area (Å²) < 4.78 is 5.21. The van der Waals surface area contributed by atoms with Gasteiger partial charge < -0.3 is 14.5 Å². The molecule has 0 aliphatic carbocycles. The summed E-state index contributed by atoms with van der Waals surface area (Å²) >= 11 is 1.48. The molecule has 6 nitrogen and oxygen atoms in total. The number of carbonyl (C=O) groups excluding carboxylic acids is 2. The minimum atomic E-state index is -0.179. The van der Waals surface area contributed by atoms with E-state index in [1.165, 1.54) is 11.3 Å². The Kier molecular flexibility index (Phi) is 5.03. The lowest BCUT2D eigenvalue weighted by atomic mass is 10.2. The number of hydrogen-bond donors (Lipinski definition) is 0. The average molecular weight is 359 g/mol. The molecule has 1 aliphatic rings. The Bertz CT molecular complexity index is 787. The number of hydrogen-bond acceptors (Lipinski definition) is 5. The van der Waals surface area contributed by atoms with E-state index in [1.807, 2.05) is 38.1 Å². The van der Waals surface area contributed by atoms with Gasteiger partial charge in [-0.15, -0.1) is 11.3 Å². The summed E-state index contributed by atoms with van der Waals surface area (Å²) in [5, 5.41) is 2.71. The summed E-state index contributed by atoms with van der Waals surface area (Å²) in [4.78, 5) is 32.8. The van der Waals surface area contributed by atoms with E-state index in [0.29, 0.717) is 24.5 Å². The first-order valence-electron chi connectivity index (χ1n) is 8.18. The molecule has 25 heavy (non-hydrogen) atoms. The fourth-order valence-corrected chi connectivity index (χ4v) is 3.52. The number of amides is 2. The molecule has 7 heteroatoms. The largest absolute Gasteiger partial charge is 0.497 e. The third kappa shape index (κ3) is 3.66. The number of nitrogens with zero attached hydrogens (tertiary/aromatic N) is 3. The Hall–Kier alpha value is -2.41. The van der Waals surface area contributed by atoms with Gasteiger partial charge in [0.1, 0.15) is 18.0 Å². The second kappa shape index (κ2) is 7.23. The molecule has 0 bridgehead atoms. The van der Waals surface area contributed by atoms with Crippen LogP contribution in [0, 0.1) is 0 Å². The number of thiazole rings is 1. The van der Waals surface area contributed by atoms with Crippen molar-refractivity contribution in [2.75, 3.05) is 31.6 Å². The van der Waals surface area contributed by atoms with Crippen molar-refractivity contribution >= 4 is 28.8 Å². The monoisotopic (exact) mass is 359 g/mol. The van der Waals surface area contributed by atoms with E-state index in [4.69, 9.17) is 4.74 Å². The predicted octanol–water partition coefficient (Wildman–Crippen LogP) is 2.76. The van der Waals surface area contributed by atoms with Crippen molar-refractivity contribution in [3.63, 3.8) is 0 Å². The lowest BCUT2D eigenvalue weighted by Crippen LogP contribution is -2.52. The standard InChI is InChI=1S/C18H21N3O3S/c1-12(2)17-19-15(11-25-17)18(23)20-7-8-21(16(22)10-20)13-5-4-6-14(9-13)24-3/h4-6,9,11-12H,7-8,10H2,1-3H3. The molecule has 2 aromatic rings. The van der Waals surface area contributed by atoms with Gasteiger partial charge in [0.05, 0.1) is 12.1 Å². The first kappa shape index (κ1) is 17.4. The molecule has 0 saturated carbocycles. The van der Waals surface area contributed by atoms with Crippen molar-refractivity contribution in [1.82, 2.24) is 9.88 Å². The molecule has 1 fully saturated rings. The lowest BCUT2D eigenvalue weighted by Gasteiger charge is -2.34. The van der Waals surface area contributed by atoms with Gasteiger partial charge >= 0.3 is 0 Å². The molecule has 1 aromatic carbocycles. The number of rotatable bonds is 4. The molecular formula is C18H21N3O3S. The SMILES string of the molecule is COc1cccc(N2CCN(C(=O)c3csc(C(C)C)n3)CC2=O)c1. The molecule has 0 radical (unpaired) electrons. The van der Waals surface area contributed by atoms with Crippen LogP contribution in [0.1, 0.15) is 35.3 Å². The van der Waals surface area contributed by atoms with E-state index < -0.39 is 0 Å². The third-order valence-corrected chi connectivity index (χ3v) is 5.25. The molecule has 0 N–H and O–H groups in total. The van der Waals surface area contributed by atoms with E-state index in [2.05, 4.69) is 4.98 Å². The van der Waals surface area contributed by atoms with Crippen LogP contribution in [0.2, 0.25) is 0 Å². The van der Waals surface area contributed by atoms with Crippen LogP contribution in [0.4, 0.5) is 5.69 Å². The number of aromatic nitrogens is 1. The Morgan fingerprint density at radius 3 is 2.76 bits per heavy atom. The second-order valence-corrected chi connectivity index (χ2v) is 7.09. The Labute approximate surface area is 151 Å². The summed E-state index contributed by atoms with van der Waals surface area (Å²) in [5.74, 6) is 0.708. The number of piperazine rings is 1. The van der Waals surface area contributed by atoms with Gasteiger partial charge in [-0.2, -0.15) is 0 Å². The summed E-state index contributed by atoms with van der Waals surface area (Å²) in [7, 11) is 1.59. The van der Waals surface area contributed by atoms with Crippen LogP contribution < -0.4 is 9.64 Å². The van der Waals surface area contributed by atoms with Crippen molar-refractivity contribution in [1.29, 1.82) is 0 Å². The van der Waals surface area contributed by atoms with Gasteiger partial charge in [0, 0.05) is 36.1 Å². The molecule has 2 heterocycles. The second-order valence-electron chi connectivity index (χ2n) is 6.20. The zero-order valence-electron chi connectivity index (χ0n) is 14.6. The van der Waals surface area contributed by atoms with Gasteiger partial charge in [0.2, 0.25) is 5.91 Å². The lowest BCUT2D eigenvalue weighted by molar-refractivity contribution is -0.120. The molecule has 0 atom stereocenters. The zero-order chi connectivity index (χ0) is 18.0. The summed E-state index contributed by atoms with van der Waals surface area (Å²) in [6, 6.07) is 7.38. The van der Waals surface area contributed by atoms with E-state index in [-0.39, 0.29) is 24.3 Å². The molecule has 1 saturated heterocycles. The Balaban J connectivity index is 1.70. The van der Waals surface area contributed by atoms with Gasteiger partial charge in [-0.25, -0.2) is 4.98 Å². The molecule has 1 aliphatic heterocycles. The Morgan fingerprint density at radius 2 is 2.12 bits per heavy atom. The zero-order valence-corrected chi connectivity index (χ0v) is 15.4. The van der Waals surface area contributed by atoms with Crippen molar-refractivity contribution in [2.45, 2.75) is 19.8 Å². The minimum absolute atomic E-state index is 0.0601. The smallest absolute Gasteiger partial charge is 0.273 e. The quantitative estimate of drug-likeness (QED) is 0.842. The summed E-state index contributed by atoms with van der Waals surface area (Å²) in [6.07, 6.45) is 0. The molecular weight excluding hydrogens is 338 g/mol.